The Bertz CT molecular complexity index is 862. The standard InChI is InChI=1S/C19H17ClN2OS2/c1-13-6-8-14(9-7-13)24-11-10-18(23)22-19-21-17(12-25-19)15-4-2-3-5-16(15)20/h2-9,12H,10-11H2,1H3,(H,21,22,23). The Hall–Kier alpha value is -1.82. The Morgan fingerprint density at radius 2 is 1.96 bits per heavy atom. The first-order valence-corrected chi connectivity index (χ1v) is 10.1. The van der Waals surface area contributed by atoms with E-state index >= 15 is 0 Å². The number of amides is 1. The number of hydrogen-bond donors (Lipinski definition) is 1. The molecule has 1 amide bonds. The predicted octanol–water partition coefficient (Wildman–Crippen LogP) is 5.89. The second-order valence-electron chi connectivity index (χ2n) is 5.48. The molecule has 0 bridgehead atoms. The van der Waals surface area contributed by atoms with Gasteiger partial charge in [0.15, 0.2) is 5.13 Å². The molecule has 1 aromatic heterocycles. The van der Waals surface area contributed by atoms with Crippen LogP contribution in [0.2, 0.25) is 5.02 Å². The van der Waals surface area contributed by atoms with Crippen LogP contribution >= 0.6 is 34.7 Å². The van der Waals surface area contributed by atoms with Gasteiger partial charge in [-0.2, -0.15) is 0 Å². The van der Waals surface area contributed by atoms with Crippen molar-refractivity contribution >= 4 is 45.7 Å². The first-order valence-electron chi connectivity index (χ1n) is 7.81. The molecule has 3 rings (SSSR count). The van der Waals surface area contributed by atoms with Crippen LogP contribution in [-0.2, 0) is 4.79 Å². The molecule has 0 spiro atoms. The van der Waals surface area contributed by atoms with E-state index in [9.17, 15) is 4.79 Å². The van der Waals surface area contributed by atoms with Gasteiger partial charge in [0.2, 0.25) is 5.91 Å². The lowest BCUT2D eigenvalue weighted by Gasteiger charge is -2.03. The summed E-state index contributed by atoms with van der Waals surface area (Å²) < 4.78 is 0. The first kappa shape index (κ1) is 18.0. The number of thioether (sulfide) groups is 1. The Morgan fingerprint density at radius 3 is 2.72 bits per heavy atom. The summed E-state index contributed by atoms with van der Waals surface area (Å²) in [5.41, 5.74) is 2.89. The topological polar surface area (TPSA) is 42.0 Å². The third-order valence-corrected chi connectivity index (χ3v) is 5.62. The van der Waals surface area contributed by atoms with Crippen molar-refractivity contribution in [3.63, 3.8) is 0 Å². The minimum Gasteiger partial charge on any atom is -0.302 e. The van der Waals surface area contributed by atoms with Gasteiger partial charge < -0.3 is 5.32 Å². The van der Waals surface area contributed by atoms with Crippen LogP contribution in [0.5, 0.6) is 0 Å². The van der Waals surface area contributed by atoms with Gasteiger partial charge in [-0.15, -0.1) is 23.1 Å². The molecule has 6 heteroatoms. The molecule has 0 aliphatic rings. The molecular weight excluding hydrogens is 372 g/mol. The average molecular weight is 389 g/mol. The monoisotopic (exact) mass is 388 g/mol. The number of halogens is 1. The second-order valence-corrected chi connectivity index (χ2v) is 7.91. The number of hydrogen-bond acceptors (Lipinski definition) is 4. The van der Waals surface area contributed by atoms with Crippen molar-refractivity contribution in [1.82, 2.24) is 4.98 Å². The van der Waals surface area contributed by atoms with E-state index in [1.54, 1.807) is 11.8 Å². The number of aromatic nitrogens is 1. The van der Waals surface area contributed by atoms with Gasteiger partial charge in [0.1, 0.15) is 0 Å². The molecule has 2 aromatic carbocycles. The number of aryl methyl sites for hydroxylation is 1. The maximum absolute atomic E-state index is 12.1. The summed E-state index contributed by atoms with van der Waals surface area (Å²) in [7, 11) is 0. The quantitative estimate of drug-likeness (QED) is 0.535. The average Bonchev–Trinajstić information content (AvgIpc) is 3.05. The molecule has 0 atom stereocenters. The third-order valence-electron chi connectivity index (χ3n) is 3.52. The molecule has 0 fully saturated rings. The molecule has 0 radical (unpaired) electrons. The zero-order chi connectivity index (χ0) is 17.6. The summed E-state index contributed by atoms with van der Waals surface area (Å²) in [6, 6.07) is 15.9. The van der Waals surface area contributed by atoms with Crippen LogP contribution in [-0.4, -0.2) is 16.6 Å². The molecule has 25 heavy (non-hydrogen) atoms. The fraction of sp³-hybridized carbons (Fsp3) is 0.158. The van der Waals surface area contributed by atoms with E-state index in [4.69, 9.17) is 11.6 Å². The summed E-state index contributed by atoms with van der Waals surface area (Å²) in [5, 5.41) is 6.01. The predicted molar refractivity (Wildman–Crippen MR) is 108 cm³/mol. The lowest BCUT2D eigenvalue weighted by Crippen LogP contribution is -2.11. The van der Waals surface area contributed by atoms with Gasteiger partial charge in [0.25, 0.3) is 0 Å². The van der Waals surface area contributed by atoms with Gasteiger partial charge >= 0.3 is 0 Å². The van der Waals surface area contributed by atoms with Crippen molar-refractivity contribution in [2.24, 2.45) is 0 Å². The van der Waals surface area contributed by atoms with Crippen LogP contribution in [0.25, 0.3) is 11.3 Å². The number of rotatable bonds is 6. The summed E-state index contributed by atoms with van der Waals surface area (Å²) in [6.07, 6.45) is 0.444. The van der Waals surface area contributed by atoms with Gasteiger partial charge in [0.05, 0.1) is 5.69 Å². The Morgan fingerprint density at radius 1 is 1.20 bits per heavy atom. The number of carbonyl (C=O) groups is 1. The number of nitrogens with one attached hydrogen (secondary N) is 1. The Kier molecular flexibility index (Phi) is 6.13. The molecule has 0 saturated heterocycles. The molecule has 3 aromatic rings. The molecule has 128 valence electrons. The fourth-order valence-electron chi connectivity index (χ4n) is 2.20. The van der Waals surface area contributed by atoms with E-state index in [0.29, 0.717) is 16.6 Å². The minimum atomic E-state index is -0.0281. The molecule has 3 nitrogen and oxygen atoms in total. The second kappa shape index (κ2) is 8.52. The number of anilines is 1. The van der Waals surface area contributed by atoms with Crippen LogP contribution in [0.4, 0.5) is 5.13 Å². The largest absolute Gasteiger partial charge is 0.302 e. The highest BCUT2D eigenvalue weighted by Crippen LogP contribution is 2.30. The summed E-state index contributed by atoms with van der Waals surface area (Å²) in [4.78, 5) is 17.7. The van der Waals surface area contributed by atoms with E-state index in [0.717, 1.165) is 17.0 Å². The van der Waals surface area contributed by atoms with Gasteiger partial charge in [-0.05, 0) is 25.1 Å². The molecule has 1 N–H and O–H groups in total. The van der Waals surface area contributed by atoms with Gasteiger partial charge in [-0.1, -0.05) is 47.5 Å². The highest BCUT2D eigenvalue weighted by molar-refractivity contribution is 7.99. The smallest absolute Gasteiger partial charge is 0.226 e. The van der Waals surface area contributed by atoms with E-state index in [1.165, 1.54) is 21.8 Å². The summed E-state index contributed by atoms with van der Waals surface area (Å²) in [6.45, 7) is 2.06. The van der Waals surface area contributed by atoms with Gasteiger partial charge in [-0.25, -0.2) is 4.98 Å². The number of nitrogens with zero attached hydrogens (tertiary/aromatic N) is 1. The molecule has 1 heterocycles. The van der Waals surface area contributed by atoms with Gasteiger partial charge in [0, 0.05) is 33.0 Å². The van der Waals surface area contributed by atoms with E-state index < -0.39 is 0 Å². The summed E-state index contributed by atoms with van der Waals surface area (Å²) in [5.74, 6) is 0.706. The van der Waals surface area contributed by atoms with Crippen molar-refractivity contribution in [2.75, 3.05) is 11.1 Å². The Balaban J connectivity index is 1.52. The molecule has 0 aliphatic heterocycles. The zero-order valence-electron chi connectivity index (χ0n) is 13.7. The molecular formula is C19H17ClN2OS2. The van der Waals surface area contributed by atoms with Crippen molar-refractivity contribution in [3.05, 3.63) is 64.5 Å². The molecule has 0 aliphatic carbocycles. The third kappa shape index (κ3) is 5.08. The van der Waals surface area contributed by atoms with Crippen LogP contribution in [0, 0.1) is 6.92 Å². The number of thiazole rings is 1. The Labute approximate surface area is 160 Å². The summed E-state index contributed by atoms with van der Waals surface area (Å²) >= 11 is 9.27. The van der Waals surface area contributed by atoms with E-state index in [1.807, 2.05) is 29.6 Å². The van der Waals surface area contributed by atoms with Crippen LogP contribution in [0.1, 0.15) is 12.0 Å². The zero-order valence-corrected chi connectivity index (χ0v) is 16.0. The SMILES string of the molecule is Cc1ccc(SCCC(=O)Nc2nc(-c3ccccc3Cl)cs2)cc1. The normalized spacial score (nSPS) is 10.6. The van der Waals surface area contributed by atoms with E-state index in [-0.39, 0.29) is 5.91 Å². The van der Waals surface area contributed by atoms with Crippen LogP contribution in [0.15, 0.2) is 58.8 Å². The highest BCUT2D eigenvalue weighted by Gasteiger charge is 2.10. The van der Waals surface area contributed by atoms with Crippen molar-refractivity contribution in [2.45, 2.75) is 18.2 Å². The van der Waals surface area contributed by atoms with Crippen LogP contribution < -0.4 is 5.32 Å². The van der Waals surface area contributed by atoms with Crippen LogP contribution in [0.3, 0.4) is 0 Å². The van der Waals surface area contributed by atoms with E-state index in [2.05, 4.69) is 41.5 Å². The lowest BCUT2D eigenvalue weighted by atomic mass is 10.2. The molecule has 0 unspecified atom stereocenters. The number of benzene rings is 2. The lowest BCUT2D eigenvalue weighted by molar-refractivity contribution is -0.115. The minimum absolute atomic E-state index is 0.0281. The number of carbonyl (C=O) groups excluding carboxylic acids is 1. The maximum Gasteiger partial charge on any atom is 0.226 e. The molecule has 0 saturated carbocycles. The maximum atomic E-state index is 12.1. The highest BCUT2D eigenvalue weighted by atomic mass is 35.5. The first-order chi connectivity index (χ1) is 12.1. The fourth-order valence-corrected chi connectivity index (χ4v) is 4.01. The van der Waals surface area contributed by atoms with Crippen molar-refractivity contribution in [1.29, 1.82) is 0 Å². The van der Waals surface area contributed by atoms with Crippen molar-refractivity contribution in [3.8, 4) is 11.3 Å². The van der Waals surface area contributed by atoms with Gasteiger partial charge in [-0.3, -0.25) is 4.79 Å². The van der Waals surface area contributed by atoms with Crippen molar-refractivity contribution < 1.29 is 4.79 Å².